The van der Waals surface area contributed by atoms with Crippen LogP contribution >= 0.6 is 31.9 Å². The summed E-state index contributed by atoms with van der Waals surface area (Å²) >= 11 is 6.89. The molecule has 0 spiro atoms. The number of hydrogen-bond acceptors (Lipinski definition) is 4. The van der Waals surface area contributed by atoms with Crippen molar-refractivity contribution in [1.82, 2.24) is 0 Å². The number of ketones is 2. The Morgan fingerprint density at radius 3 is 1.22 bits per heavy atom. The molecule has 0 aromatic heterocycles. The number of para-hydroxylation sites is 4. The first-order chi connectivity index (χ1) is 21.1. The van der Waals surface area contributed by atoms with Crippen molar-refractivity contribution in [2.24, 2.45) is 9.98 Å². The quantitative estimate of drug-likeness (QED) is 0.153. The topological polar surface area (TPSA) is 87.1 Å². The number of nitrogens with zero attached hydrogens (tertiary/aromatic N) is 4. The minimum atomic E-state index is -0.197. The van der Waals surface area contributed by atoms with Gasteiger partial charge in [0.25, 0.3) is 0 Å². The number of allylic oxidation sites excluding steroid dienone is 4. The maximum Gasteiger partial charge on any atom is 2.00 e. The van der Waals surface area contributed by atoms with E-state index >= 15 is 0 Å². The molecule has 0 amide bonds. The van der Waals surface area contributed by atoms with Gasteiger partial charge in [-0.15, -0.1) is 22.8 Å². The molecule has 5 rings (SSSR count). The van der Waals surface area contributed by atoms with E-state index < -0.39 is 0 Å². The van der Waals surface area contributed by atoms with Crippen LogP contribution < -0.4 is 0 Å². The van der Waals surface area contributed by atoms with E-state index in [0.29, 0.717) is 67.8 Å². The fraction of sp³-hybridized carbons (Fsp3) is 0.111. The number of Topliss-reactive ketones (excluding diaryl/α,β-unsaturated/α-hetero) is 2. The van der Waals surface area contributed by atoms with Gasteiger partial charge in [-0.1, -0.05) is 82.1 Å². The van der Waals surface area contributed by atoms with Crippen LogP contribution in [0.3, 0.4) is 0 Å². The van der Waals surface area contributed by atoms with Gasteiger partial charge in [0.2, 0.25) is 0 Å². The average molecular weight is 767 g/mol. The van der Waals surface area contributed by atoms with E-state index in [1.165, 1.54) is 0 Å². The van der Waals surface area contributed by atoms with Crippen LogP contribution in [0.1, 0.15) is 48.4 Å². The monoisotopic (exact) mass is 764 g/mol. The van der Waals surface area contributed by atoms with Crippen molar-refractivity contribution in [3.05, 3.63) is 150 Å². The van der Waals surface area contributed by atoms with Crippen molar-refractivity contribution in [3.63, 3.8) is 0 Å². The van der Waals surface area contributed by atoms with Crippen LogP contribution in [0.4, 0.5) is 22.7 Å². The van der Waals surface area contributed by atoms with E-state index in [-0.39, 0.29) is 28.1 Å². The molecular formula is C36H28Br2N4NiO2. The van der Waals surface area contributed by atoms with Gasteiger partial charge in [0.1, 0.15) is 0 Å². The zero-order valence-corrected chi connectivity index (χ0v) is 29.1. The molecule has 9 heteroatoms. The standard InChI is InChI=1S/C36H30Br2N4O2.Ni/c1-21-33(35(43)25-13-17-27(37)18-14-25)22(2)40-31-11-7-8-12-32(31)42-24(4)34(36(44)26-15-19-28(38)20-16-26)23(3)41-30-10-6-5-9-29(30)39-21;/h5-20H,1-4H3,(H2,39,40,41,42,43,44);/q;+2/p-2. The molecule has 45 heavy (non-hydrogen) atoms. The fourth-order valence-corrected chi connectivity index (χ4v) is 5.45. The summed E-state index contributed by atoms with van der Waals surface area (Å²) in [5.74, 6) is -0.394. The molecule has 0 atom stereocenters. The SMILES string of the molecule is CC1=Nc2ccccc2[N-]/C(C)=C(/C(=O)c2ccc(Br)cc2)C(C)=Nc2ccccc2[N-]/C(C)=C\1C(=O)c1ccc(Br)cc1.[Ni+2]. The Morgan fingerprint density at radius 1 is 0.533 bits per heavy atom. The van der Waals surface area contributed by atoms with Crippen molar-refractivity contribution in [2.75, 3.05) is 0 Å². The molecular weight excluding hydrogens is 739 g/mol. The second-order valence-corrected chi connectivity index (χ2v) is 12.0. The molecule has 1 aliphatic rings. The first-order valence-electron chi connectivity index (χ1n) is 13.9. The summed E-state index contributed by atoms with van der Waals surface area (Å²) in [6.07, 6.45) is 0. The molecule has 0 saturated carbocycles. The molecule has 0 aliphatic carbocycles. The van der Waals surface area contributed by atoms with Crippen LogP contribution in [-0.4, -0.2) is 23.0 Å². The Morgan fingerprint density at radius 2 is 0.867 bits per heavy atom. The molecule has 1 aliphatic heterocycles. The first kappa shape index (κ1) is 34.0. The molecule has 4 aromatic rings. The zero-order valence-electron chi connectivity index (χ0n) is 24.9. The zero-order chi connectivity index (χ0) is 31.4. The van der Waals surface area contributed by atoms with Gasteiger partial charge in [-0.05, 0) is 74.5 Å². The van der Waals surface area contributed by atoms with Crippen LogP contribution in [-0.2, 0) is 16.5 Å². The summed E-state index contributed by atoms with van der Waals surface area (Å²) < 4.78 is 1.75. The maximum absolute atomic E-state index is 14.0. The van der Waals surface area contributed by atoms with E-state index in [1.807, 2.05) is 72.8 Å². The Labute approximate surface area is 290 Å². The van der Waals surface area contributed by atoms with E-state index in [4.69, 9.17) is 20.6 Å². The molecule has 4 aromatic carbocycles. The van der Waals surface area contributed by atoms with Crippen LogP contribution in [0.2, 0.25) is 0 Å². The number of aliphatic imine (C=N–C) groups is 2. The summed E-state index contributed by atoms with van der Waals surface area (Å²) in [6, 6.07) is 29.2. The largest absolute Gasteiger partial charge is 2.00 e. The summed E-state index contributed by atoms with van der Waals surface area (Å²) in [6.45, 7) is 7.20. The fourth-order valence-electron chi connectivity index (χ4n) is 4.92. The maximum atomic E-state index is 14.0. The Hall–Kier alpha value is -3.91. The Balaban J connectivity index is 0.00000461. The number of fused-ring (bicyclic) bond motifs is 2. The van der Waals surface area contributed by atoms with Gasteiger partial charge in [-0.25, -0.2) is 0 Å². The molecule has 6 nitrogen and oxygen atoms in total. The van der Waals surface area contributed by atoms with Crippen molar-refractivity contribution in [3.8, 4) is 0 Å². The van der Waals surface area contributed by atoms with Crippen LogP contribution in [0, 0.1) is 0 Å². The molecule has 0 saturated heterocycles. The average Bonchev–Trinajstić information content (AvgIpc) is 2.99. The van der Waals surface area contributed by atoms with Crippen molar-refractivity contribution in [1.29, 1.82) is 0 Å². The minimum Gasteiger partial charge on any atom is -0.659 e. The molecule has 0 radical (unpaired) electrons. The molecule has 0 unspecified atom stereocenters. The summed E-state index contributed by atoms with van der Waals surface area (Å²) in [5, 5.41) is 9.81. The number of benzene rings is 4. The van der Waals surface area contributed by atoms with Crippen LogP contribution in [0.25, 0.3) is 10.6 Å². The Kier molecular flexibility index (Phi) is 11.3. The summed E-state index contributed by atoms with van der Waals surface area (Å²) in [4.78, 5) is 37.7. The van der Waals surface area contributed by atoms with Gasteiger partial charge in [0, 0.05) is 54.0 Å². The normalized spacial score (nSPS) is 16.8. The molecule has 0 fully saturated rings. The summed E-state index contributed by atoms with van der Waals surface area (Å²) in [5.41, 5.74) is 5.98. The molecule has 0 N–H and O–H groups in total. The van der Waals surface area contributed by atoms with Crippen LogP contribution in [0.15, 0.2) is 139 Å². The third kappa shape index (κ3) is 7.85. The second kappa shape index (κ2) is 14.9. The van der Waals surface area contributed by atoms with Gasteiger partial charge in [-0.2, -0.15) is 0 Å². The van der Waals surface area contributed by atoms with Crippen molar-refractivity contribution < 1.29 is 26.1 Å². The van der Waals surface area contributed by atoms with E-state index in [2.05, 4.69) is 31.9 Å². The number of carbonyl (C=O) groups excluding carboxylic acids is 2. The van der Waals surface area contributed by atoms with E-state index in [1.54, 1.807) is 52.0 Å². The van der Waals surface area contributed by atoms with Crippen molar-refractivity contribution in [2.45, 2.75) is 27.7 Å². The predicted octanol–water partition coefficient (Wildman–Crippen LogP) is 11.4. The third-order valence-electron chi connectivity index (χ3n) is 7.03. The van der Waals surface area contributed by atoms with E-state index in [0.717, 1.165) is 8.95 Å². The molecule has 1 heterocycles. The molecule has 0 bridgehead atoms. The number of carbonyl (C=O) groups is 2. The van der Waals surface area contributed by atoms with Gasteiger partial charge < -0.3 is 10.6 Å². The smallest absolute Gasteiger partial charge is 0.659 e. The number of rotatable bonds is 4. The Bertz CT molecular complexity index is 1750. The molecule has 228 valence electrons. The van der Waals surface area contributed by atoms with Gasteiger partial charge in [0.15, 0.2) is 11.6 Å². The second-order valence-electron chi connectivity index (χ2n) is 10.2. The predicted molar refractivity (Wildman–Crippen MR) is 187 cm³/mol. The van der Waals surface area contributed by atoms with Crippen LogP contribution in [0.5, 0.6) is 0 Å². The van der Waals surface area contributed by atoms with Gasteiger partial charge >= 0.3 is 16.5 Å². The van der Waals surface area contributed by atoms with Gasteiger partial charge in [-0.3, -0.25) is 19.6 Å². The third-order valence-corrected chi connectivity index (χ3v) is 8.09. The van der Waals surface area contributed by atoms with E-state index in [9.17, 15) is 9.59 Å². The minimum absolute atomic E-state index is 0. The number of hydrogen-bond donors (Lipinski definition) is 0. The van der Waals surface area contributed by atoms with Gasteiger partial charge in [0.05, 0.1) is 0 Å². The first-order valence-corrected chi connectivity index (χ1v) is 15.5. The van der Waals surface area contributed by atoms with Crippen molar-refractivity contribution >= 4 is 77.6 Å². The number of halogens is 2. The summed E-state index contributed by atoms with van der Waals surface area (Å²) in [7, 11) is 0.